The molecule has 0 aliphatic carbocycles. The fourth-order valence-electron chi connectivity index (χ4n) is 2.62. The Morgan fingerprint density at radius 1 is 1.29 bits per heavy atom. The van der Waals surface area contributed by atoms with Gasteiger partial charge in [-0.3, -0.25) is 14.6 Å². The van der Waals surface area contributed by atoms with Gasteiger partial charge in [-0.1, -0.05) is 6.07 Å². The van der Waals surface area contributed by atoms with Crippen molar-refractivity contribution in [3.63, 3.8) is 0 Å². The second-order valence-electron chi connectivity index (χ2n) is 5.79. The maximum absolute atomic E-state index is 12.2. The molecule has 0 saturated carbocycles. The maximum Gasteiger partial charge on any atom is 0.265 e. The molecule has 1 aromatic carbocycles. The molecule has 6 nitrogen and oxygen atoms in total. The van der Waals surface area contributed by atoms with Crippen molar-refractivity contribution in [1.82, 2.24) is 4.98 Å². The first kappa shape index (κ1) is 16.0. The number of fused-ring (bicyclic) bond motifs is 1. The maximum atomic E-state index is 12.2. The van der Waals surface area contributed by atoms with E-state index in [1.165, 1.54) is 0 Å². The lowest BCUT2D eigenvalue weighted by molar-refractivity contribution is -0.121. The molecule has 1 aromatic heterocycles. The van der Waals surface area contributed by atoms with Crippen LogP contribution in [0.1, 0.15) is 17.7 Å². The topological polar surface area (TPSA) is 71.5 Å². The summed E-state index contributed by atoms with van der Waals surface area (Å²) in [6.07, 6.45) is 1.86. The molecular formula is C18H19N3O3. The van der Waals surface area contributed by atoms with Crippen molar-refractivity contribution in [2.75, 3.05) is 23.4 Å². The Hall–Kier alpha value is -2.89. The number of benzene rings is 1. The summed E-state index contributed by atoms with van der Waals surface area (Å²) in [7, 11) is 0. The third-order valence-electron chi connectivity index (χ3n) is 3.80. The van der Waals surface area contributed by atoms with Crippen LogP contribution in [-0.4, -0.2) is 29.9 Å². The predicted octanol–water partition coefficient (Wildman–Crippen LogP) is 2.45. The lowest BCUT2D eigenvalue weighted by atomic mass is 10.1. The molecule has 124 valence electrons. The molecule has 1 aliphatic heterocycles. The number of hydrogen-bond donors (Lipinski definition) is 1. The third kappa shape index (κ3) is 3.53. The molecule has 6 heteroatoms. The Morgan fingerprint density at radius 3 is 2.92 bits per heavy atom. The first-order chi connectivity index (χ1) is 11.5. The van der Waals surface area contributed by atoms with Crippen molar-refractivity contribution in [3.05, 3.63) is 47.8 Å². The van der Waals surface area contributed by atoms with Crippen molar-refractivity contribution in [1.29, 1.82) is 0 Å². The molecule has 24 heavy (non-hydrogen) atoms. The predicted molar refractivity (Wildman–Crippen MR) is 91.2 cm³/mol. The van der Waals surface area contributed by atoms with Crippen molar-refractivity contribution in [2.24, 2.45) is 0 Å². The number of amides is 2. The third-order valence-corrected chi connectivity index (χ3v) is 3.80. The van der Waals surface area contributed by atoms with Gasteiger partial charge in [-0.15, -0.1) is 0 Å². The van der Waals surface area contributed by atoms with E-state index in [4.69, 9.17) is 4.74 Å². The number of pyridine rings is 1. The summed E-state index contributed by atoms with van der Waals surface area (Å²) in [5.74, 6) is 0.389. The van der Waals surface area contributed by atoms with Crippen LogP contribution in [0.5, 0.6) is 5.75 Å². The second-order valence-corrected chi connectivity index (χ2v) is 5.79. The number of anilines is 2. The second kappa shape index (κ2) is 6.70. The van der Waals surface area contributed by atoms with E-state index >= 15 is 0 Å². The molecule has 0 saturated heterocycles. The molecule has 1 N–H and O–H groups in total. The zero-order valence-electron chi connectivity index (χ0n) is 13.7. The van der Waals surface area contributed by atoms with E-state index in [0.29, 0.717) is 18.0 Å². The van der Waals surface area contributed by atoms with Crippen LogP contribution < -0.4 is 15.0 Å². The highest BCUT2D eigenvalue weighted by Gasteiger charge is 2.25. The number of aromatic nitrogens is 1. The van der Waals surface area contributed by atoms with E-state index in [1.807, 2.05) is 32.0 Å². The molecule has 2 heterocycles. The van der Waals surface area contributed by atoms with Crippen LogP contribution in [0.15, 0.2) is 36.5 Å². The fourth-order valence-corrected chi connectivity index (χ4v) is 2.62. The van der Waals surface area contributed by atoms with E-state index in [2.05, 4.69) is 10.3 Å². The summed E-state index contributed by atoms with van der Waals surface area (Å²) >= 11 is 0. The smallest absolute Gasteiger partial charge is 0.265 e. The van der Waals surface area contributed by atoms with Crippen LogP contribution >= 0.6 is 0 Å². The SMILES string of the molecule is Cc1ccc2c(c1)N(CCC(=O)Nc1ccnc(C)c1)C(=O)CO2. The van der Waals surface area contributed by atoms with E-state index in [-0.39, 0.29) is 24.8 Å². The molecule has 0 spiro atoms. The van der Waals surface area contributed by atoms with Crippen molar-refractivity contribution in [3.8, 4) is 5.75 Å². The van der Waals surface area contributed by atoms with E-state index < -0.39 is 0 Å². The van der Waals surface area contributed by atoms with E-state index in [1.54, 1.807) is 23.2 Å². The number of hydrogen-bond acceptors (Lipinski definition) is 4. The average molecular weight is 325 g/mol. The summed E-state index contributed by atoms with van der Waals surface area (Å²) in [4.78, 5) is 30.0. The Labute approximate surface area is 140 Å². The Morgan fingerprint density at radius 2 is 2.12 bits per heavy atom. The number of rotatable bonds is 4. The van der Waals surface area contributed by atoms with Gasteiger partial charge in [-0.05, 0) is 43.7 Å². The number of nitrogens with one attached hydrogen (secondary N) is 1. The van der Waals surface area contributed by atoms with Crippen LogP contribution in [0.3, 0.4) is 0 Å². The van der Waals surface area contributed by atoms with Crippen LogP contribution in [0.2, 0.25) is 0 Å². The highest BCUT2D eigenvalue weighted by molar-refractivity contribution is 5.99. The highest BCUT2D eigenvalue weighted by atomic mass is 16.5. The van der Waals surface area contributed by atoms with Gasteiger partial charge in [0.2, 0.25) is 5.91 Å². The standard InChI is InChI=1S/C18H19N3O3/c1-12-3-4-16-15(9-12)21(18(23)11-24-16)8-6-17(22)20-14-5-7-19-13(2)10-14/h3-5,7,9-10H,6,8,11H2,1-2H3,(H,19,20,22). The van der Waals surface area contributed by atoms with Crippen LogP contribution in [0, 0.1) is 13.8 Å². The minimum Gasteiger partial charge on any atom is -0.482 e. The molecular weight excluding hydrogens is 306 g/mol. The number of aryl methyl sites for hydroxylation is 2. The van der Waals surface area contributed by atoms with Crippen molar-refractivity contribution < 1.29 is 14.3 Å². The van der Waals surface area contributed by atoms with E-state index in [9.17, 15) is 9.59 Å². The monoisotopic (exact) mass is 325 g/mol. The highest BCUT2D eigenvalue weighted by Crippen LogP contribution is 2.32. The molecule has 0 radical (unpaired) electrons. The van der Waals surface area contributed by atoms with Gasteiger partial charge < -0.3 is 15.0 Å². The normalized spacial score (nSPS) is 13.2. The summed E-state index contributed by atoms with van der Waals surface area (Å²) < 4.78 is 5.44. The minimum absolute atomic E-state index is 0.00122. The summed E-state index contributed by atoms with van der Waals surface area (Å²) in [5, 5.41) is 2.82. The Balaban J connectivity index is 1.67. The number of carbonyl (C=O) groups is 2. The fraction of sp³-hybridized carbons (Fsp3) is 0.278. The molecule has 3 rings (SSSR count). The van der Waals surface area contributed by atoms with Gasteiger partial charge in [0.1, 0.15) is 5.75 Å². The van der Waals surface area contributed by atoms with Gasteiger partial charge in [0.25, 0.3) is 5.91 Å². The first-order valence-electron chi connectivity index (χ1n) is 7.79. The molecule has 0 bridgehead atoms. The average Bonchev–Trinajstić information content (AvgIpc) is 2.54. The zero-order valence-corrected chi connectivity index (χ0v) is 13.7. The molecule has 0 atom stereocenters. The lowest BCUT2D eigenvalue weighted by Crippen LogP contribution is -2.40. The quantitative estimate of drug-likeness (QED) is 0.937. The van der Waals surface area contributed by atoms with Gasteiger partial charge in [0.15, 0.2) is 6.61 Å². The van der Waals surface area contributed by atoms with Gasteiger partial charge in [-0.2, -0.15) is 0 Å². The van der Waals surface area contributed by atoms with Crippen molar-refractivity contribution >= 4 is 23.2 Å². The van der Waals surface area contributed by atoms with Gasteiger partial charge in [0, 0.05) is 30.5 Å². The van der Waals surface area contributed by atoms with Crippen LogP contribution in [-0.2, 0) is 9.59 Å². The number of carbonyl (C=O) groups excluding carboxylic acids is 2. The lowest BCUT2D eigenvalue weighted by Gasteiger charge is -2.29. The summed E-state index contributed by atoms with van der Waals surface area (Å²) in [6.45, 7) is 4.13. The van der Waals surface area contributed by atoms with Gasteiger partial charge in [0.05, 0.1) is 5.69 Å². The van der Waals surface area contributed by atoms with Crippen LogP contribution in [0.4, 0.5) is 11.4 Å². The summed E-state index contributed by atoms with van der Waals surface area (Å²) in [6, 6.07) is 9.23. The minimum atomic E-state index is -0.144. The number of nitrogens with zero attached hydrogens (tertiary/aromatic N) is 2. The van der Waals surface area contributed by atoms with Gasteiger partial charge in [-0.25, -0.2) is 0 Å². The van der Waals surface area contributed by atoms with Crippen molar-refractivity contribution in [2.45, 2.75) is 20.3 Å². The van der Waals surface area contributed by atoms with E-state index in [0.717, 1.165) is 16.9 Å². The molecule has 1 aliphatic rings. The summed E-state index contributed by atoms with van der Waals surface area (Å²) in [5.41, 5.74) is 3.30. The molecule has 0 fully saturated rings. The van der Waals surface area contributed by atoms with Crippen LogP contribution in [0.25, 0.3) is 0 Å². The molecule has 0 unspecified atom stereocenters. The molecule has 2 amide bonds. The largest absolute Gasteiger partial charge is 0.482 e. The Bertz CT molecular complexity index is 789. The first-order valence-corrected chi connectivity index (χ1v) is 7.79. The Kier molecular flexibility index (Phi) is 4.46. The van der Waals surface area contributed by atoms with Gasteiger partial charge >= 0.3 is 0 Å². The molecule has 2 aromatic rings. The number of ether oxygens (including phenoxy) is 1. The zero-order chi connectivity index (χ0) is 17.1.